The molecule has 0 amide bonds. The summed E-state index contributed by atoms with van der Waals surface area (Å²) in [6, 6.07) is 4.51. The molecule has 0 aliphatic heterocycles. The van der Waals surface area contributed by atoms with E-state index in [1.807, 2.05) is 0 Å². The predicted molar refractivity (Wildman–Crippen MR) is 125 cm³/mol. The van der Waals surface area contributed by atoms with Gasteiger partial charge in [0.05, 0.1) is 11.8 Å². The van der Waals surface area contributed by atoms with Crippen LogP contribution in [0.15, 0.2) is 41.3 Å². The first kappa shape index (κ1) is 27.1. The van der Waals surface area contributed by atoms with Crippen LogP contribution in [0, 0.1) is 18.6 Å². The smallest absolute Gasteiger partial charge is 0.419 e. The van der Waals surface area contributed by atoms with Crippen molar-refractivity contribution in [2.75, 3.05) is 0 Å². The lowest BCUT2D eigenvalue weighted by atomic mass is 9.89. The van der Waals surface area contributed by atoms with Crippen LogP contribution >= 0.6 is 0 Å². The van der Waals surface area contributed by atoms with Crippen molar-refractivity contribution in [3.05, 3.63) is 70.8 Å². The zero-order valence-corrected chi connectivity index (χ0v) is 20.0. The van der Waals surface area contributed by atoms with Crippen LogP contribution in [-0.2, 0) is 24.0 Å². The molecule has 2 rings (SSSR count). The van der Waals surface area contributed by atoms with Gasteiger partial charge in [-0.25, -0.2) is 8.78 Å². The zero-order chi connectivity index (χ0) is 25.0. The summed E-state index contributed by atoms with van der Waals surface area (Å²) < 4.78 is 85.1. The Morgan fingerprint density at radius 1 is 1.06 bits per heavy atom. The zero-order valence-electron chi connectivity index (χ0n) is 19.2. The van der Waals surface area contributed by atoms with Crippen molar-refractivity contribution in [1.82, 2.24) is 0 Å². The molecule has 0 N–H and O–H groups in total. The van der Waals surface area contributed by atoms with Crippen molar-refractivity contribution in [3.8, 4) is 11.1 Å². The molecule has 0 saturated carbocycles. The number of hydrogen-bond donors (Lipinski definition) is 0. The molecule has 0 bridgehead atoms. The van der Waals surface area contributed by atoms with Crippen LogP contribution in [0.2, 0.25) is 0 Å². The second kappa shape index (κ2) is 10.8. The van der Waals surface area contributed by atoms with Gasteiger partial charge in [-0.2, -0.15) is 13.2 Å². The van der Waals surface area contributed by atoms with Crippen LogP contribution in [0.1, 0.15) is 62.3 Å². The van der Waals surface area contributed by atoms with E-state index in [4.69, 9.17) is 0 Å². The fraction of sp³-hybridized carbons (Fsp3) is 0.400. The second-order valence-corrected chi connectivity index (χ2v) is 10.7. The van der Waals surface area contributed by atoms with E-state index in [0.717, 1.165) is 25.1 Å². The van der Waals surface area contributed by atoms with Gasteiger partial charge in [0.15, 0.2) is 0 Å². The van der Waals surface area contributed by atoms with Crippen LogP contribution in [0.4, 0.5) is 22.0 Å². The summed E-state index contributed by atoms with van der Waals surface area (Å²) in [5.41, 5.74) is -0.384. The lowest BCUT2D eigenvalue weighted by molar-refractivity contribution is -0.139. The normalized spacial score (nSPS) is 13.5. The molecule has 2 aromatic rings. The topological polar surface area (TPSA) is 35.4 Å². The minimum Gasteiger partial charge on any atom is -0.591 e. The van der Waals surface area contributed by atoms with Gasteiger partial charge >= 0.3 is 6.18 Å². The third kappa shape index (κ3) is 7.14. The Bertz CT molecular complexity index is 1020. The van der Waals surface area contributed by atoms with Crippen molar-refractivity contribution in [1.29, 1.82) is 0 Å². The van der Waals surface area contributed by atoms with Crippen molar-refractivity contribution in [2.24, 2.45) is 4.40 Å². The largest absolute Gasteiger partial charge is 0.591 e. The van der Waals surface area contributed by atoms with E-state index in [9.17, 15) is 26.5 Å². The van der Waals surface area contributed by atoms with Crippen LogP contribution < -0.4 is 0 Å². The van der Waals surface area contributed by atoms with E-state index in [1.54, 1.807) is 33.8 Å². The van der Waals surface area contributed by atoms with Crippen LogP contribution in [0.5, 0.6) is 0 Å². The third-order valence-electron chi connectivity index (χ3n) is 4.99. The summed E-state index contributed by atoms with van der Waals surface area (Å²) in [7, 11) is 0. The molecule has 180 valence electrons. The Kier molecular flexibility index (Phi) is 8.88. The molecule has 0 unspecified atom stereocenters. The van der Waals surface area contributed by atoms with Crippen molar-refractivity contribution in [3.63, 3.8) is 0 Å². The SMILES string of the molecule is C=CCCCCc1cc(F)cc(C)c1-c1cc(/C=N\[S@+]([O-])C(C)(C)C)c(F)c(C(F)(F)F)c1. The Hall–Kier alpha value is -2.19. The summed E-state index contributed by atoms with van der Waals surface area (Å²) in [5.74, 6) is -1.98. The molecular formula is C25H28F5NOS. The maximum absolute atomic E-state index is 14.8. The molecule has 0 spiro atoms. The standard InChI is InChI=1S/C25H28F5NOS/c1-6-7-8-9-10-17-13-20(26)11-16(2)22(17)18-12-19(15-31-33(32)24(3,4)5)23(27)21(14-18)25(28,29)30/h6,11-15H,1,7-10H2,2-5H3/b31-15-/t33-/m1/s1. The fourth-order valence-corrected chi connectivity index (χ4v) is 3.91. The van der Waals surface area contributed by atoms with Gasteiger partial charge < -0.3 is 4.55 Å². The average molecular weight is 486 g/mol. The van der Waals surface area contributed by atoms with Gasteiger partial charge in [0.25, 0.3) is 0 Å². The first-order valence-corrected chi connectivity index (χ1v) is 11.6. The van der Waals surface area contributed by atoms with E-state index < -0.39 is 45.0 Å². The van der Waals surface area contributed by atoms with Gasteiger partial charge in [0, 0.05) is 5.56 Å². The van der Waals surface area contributed by atoms with Gasteiger partial charge in [0.1, 0.15) is 27.7 Å². The molecule has 8 heteroatoms. The van der Waals surface area contributed by atoms with Crippen LogP contribution in [0.3, 0.4) is 0 Å². The van der Waals surface area contributed by atoms with Gasteiger partial charge in [0.2, 0.25) is 0 Å². The molecule has 0 aliphatic rings. The van der Waals surface area contributed by atoms with Crippen LogP contribution in [-0.4, -0.2) is 15.5 Å². The fourth-order valence-electron chi connectivity index (χ4n) is 3.38. The van der Waals surface area contributed by atoms with Gasteiger partial charge in [-0.3, -0.25) is 0 Å². The molecule has 0 saturated heterocycles. The van der Waals surface area contributed by atoms with Gasteiger partial charge in [-0.1, -0.05) is 10.5 Å². The maximum atomic E-state index is 14.8. The number of aryl methyl sites for hydroxylation is 2. The number of alkyl halides is 3. The molecule has 33 heavy (non-hydrogen) atoms. The van der Waals surface area contributed by atoms with E-state index in [1.165, 1.54) is 18.2 Å². The van der Waals surface area contributed by atoms with E-state index in [-0.39, 0.29) is 5.56 Å². The molecule has 2 aromatic carbocycles. The summed E-state index contributed by atoms with van der Waals surface area (Å²) in [6.07, 6.45) is 0.380. The molecule has 0 fully saturated rings. The predicted octanol–water partition coefficient (Wildman–Crippen LogP) is 7.74. The minimum atomic E-state index is -4.95. The highest BCUT2D eigenvalue weighted by Crippen LogP contribution is 2.38. The van der Waals surface area contributed by atoms with Crippen molar-refractivity contribution >= 4 is 17.6 Å². The highest BCUT2D eigenvalue weighted by Gasteiger charge is 2.36. The monoisotopic (exact) mass is 485 g/mol. The lowest BCUT2D eigenvalue weighted by Gasteiger charge is -2.19. The molecule has 0 heterocycles. The highest BCUT2D eigenvalue weighted by molar-refractivity contribution is 7.91. The van der Waals surface area contributed by atoms with Crippen molar-refractivity contribution < 1.29 is 26.5 Å². The number of halogens is 5. The molecule has 0 aliphatic carbocycles. The third-order valence-corrected chi connectivity index (χ3v) is 6.34. The number of allylic oxidation sites excluding steroid dienone is 1. The van der Waals surface area contributed by atoms with E-state index >= 15 is 0 Å². The molecule has 0 aromatic heterocycles. The number of rotatable bonds is 8. The van der Waals surface area contributed by atoms with Crippen LogP contribution in [0.25, 0.3) is 11.1 Å². The van der Waals surface area contributed by atoms with E-state index in [2.05, 4.69) is 11.0 Å². The average Bonchev–Trinajstić information content (AvgIpc) is 2.68. The number of nitrogens with zero attached hydrogens (tertiary/aromatic N) is 1. The quantitative estimate of drug-likeness (QED) is 0.124. The Balaban J connectivity index is 2.67. The number of hydrogen-bond acceptors (Lipinski definition) is 2. The molecular weight excluding hydrogens is 457 g/mol. The second-order valence-electron chi connectivity index (χ2n) is 8.81. The maximum Gasteiger partial charge on any atom is 0.419 e. The number of unbranched alkanes of at least 4 members (excludes halogenated alkanes) is 2. The van der Waals surface area contributed by atoms with Gasteiger partial charge in [-0.15, -0.1) is 6.58 Å². The van der Waals surface area contributed by atoms with E-state index in [0.29, 0.717) is 29.5 Å². The summed E-state index contributed by atoms with van der Waals surface area (Å²) in [4.78, 5) is 0. The Morgan fingerprint density at radius 2 is 1.73 bits per heavy atom. The summed E-state index contributed by atoms with van der Waals surface area (Å²) in [5, 5.41) is 0. The summed E-state index contributed by atoms with van der Waals surface area (Å²) in [6.45, 7) is 10.2. The number of benzene rings is 2. The molecule has 1 atom stereocenters. The Labute approximate surface area is 194 Å². The minimum absolute atomic E-state index is 0.0999. The lowest BCUT2D eigenvalue weighted by Crippen LogP contribution is -2.26. The van der Waals surface area contributed by atoms with Gasteiger partial charge in [-0.05, 0) is 99.9 Å². The first-order valence-electron chi connectivity index (χ1n) is 10.5. The first-order chi connectivity index (χ1) is 15.3. The molecule has 2 nitrogen and oxygen atoms in total. The summed E-state index contributed by atoms with van der Waals surface area (Å²) >= 11 is -1.78. The van der Waals surface area contributed by atoms with Crippen molar-refractivity contribution in [2.45, 2.75) is 64.3 Å². The highest BCUT2D eigenvalue weighted by atomic mass is 32.2. The molecule has 0 radical (unpaired) electrons. The Morgan fingerprint density at radius 3 is 2.30 bits per heavy atom.